The number of likely N-dealkylation sites (tertiary alicyclic amines) is 2. The molecule has 5 rings (SSSR count). The Kier molecular flexibility index (Phi) is 5.99. The van der Waals surface area contributed by atoms with Gasteiger partial charge in [-0.3, -0.25) is 9.69 Å². The van der Waals surface area contributed by atoms with Gasteiger partial charge in [-0.15, -0.1) is 0 Å². The number of nitrogens with zero attached hydrogens (tertiary/aromatic N) is 5. The normalized spacial score (nSPS) is 20.7. The maximum Gasteiger partial charge on any atom is 0.344 e. The second-order valence-corrected chi connectivity index (χ2v) is 10.0. The van der Waals surface area contributed by atoms with E-state index < -0.39 is 0 Å². The van der Waals surface area contributed by atoms with E-state index in [1.54, 1.807) is 12.3 Å². The van der Waals surface area contributed by atoms with Crippen LogP contribution in [0.1, 0.15) is 67.1 Å². The molecule has 3 saturated heterocycles. The molecular weight excluding hydrogens is 414 g/mol. The third-order valence-corrected chi connectivity index (χ3v) is 7.90. The lowest BCUT2D eigenvalue weighted by Crippen LogP contribution is -2.53. The Labute approximate surface area is 196 Å². The molecule has 0 unspecified atom stereocenters. The first-order valence-corrected chi connectivity index (χ1v) is 12.4. The summed E-state index contributed by atoms with van der Waals surface area (Å²) in [4.78, 5) is 31.6. The van der Waals surface area contributed by atoms with Crippen LogP contribution in [-0.4, -0.2) is 69.7 Å². The Balaban J connectivity index is 1.28. The van der Waals surface area contributed by atoms with E-state index in [1.165, 1.54) is 54.1 Å². The number of anilines is 1. The zero-order valence-electron chi connectivity index (χ0n) is 19.9. The van der Waals surface area contributed by atoms with E-state index in [1.807, 2.05) is 4.90 Å². The monoisotopic (exact) mass is 449 g/mol. The number of hydrogen-bond acceptors (Lipinski definition) is 5. The van der Waals surface area contributed by atoms with Gasteiger partial charge >= 0.3 is 6.03 Å². The molecule has 1 spiro atoms. The van der Waals surface area contributed by atoms with Gasteiger partial charge in [0.25, 0.3) is 0 Å². The Bertz CT molecular complexity index is 1030. The predicted molar refractivity (Wildman–Crippen MR) is 129 cm³/mol. The number of Topliss-reactive ketones (excluding diaryl/α,β-unsaturated/α-hetero) is 1. The number of aromatic nitrogens is 2. The van der Waals surface area contributed by atoms with Gasteiger partial charge in [0.1, 0.15) is 5.69 Å². The number of hydrogen-bond donors (Lipinski definition) is 0. The van der Waals surface area contributed by atoms with Crippen LogP contribution in [0.25, 0.3) is 0 Å². The summed E-state index contributed by atoms with van der Waals surface area (Å²) in [5.41, 5.74) is 4.71. The molecule has 4 heterocycles. The summed E-state index contributed by atoms with van der Waals surface area (Å²) in [5, 5.41) is 4.16. The van der Waals surface area contributed by atoms with E-state index >= 15 is 0 Å². The number of rotatable bonds is 4. The first-order valence-electron chi connectivity index (χ1n) is 12.4. The molecule has 1 amide bonds. The van der Waals surface area contributed by atoms with Gasteiger partial charge in [-0.05, 0) is 75.3 Å². The van der Waals surface area contributed by atoms with Gasteiger partial charge in [-0.25, -0.2) is 4.79 Å². The molecular formula is C26H35N5O2. The van der Waals surface area contributed by atoms with Crippen LogP contribution in [0.2, 0.25) is 0 Å². The van der Waals surface area contributed by atoms with Crippen LogP contribution in [0, 0.1) is 6.92 Å². The molecule has 3 aliphatic rings. The van der Waals surface area contributed by atoms with Crippen molar-refractivity contribution < 1.29 is 9.59 Å². The molecule has 7 heteroatoms. The third-order valence-electron chi connectivity index (χ3n) is 7.90. The van der Waals surface area contributed by atoms with Crippen LogP contribution in [0.4, 0.5) is 10.5 Å². The average molecular weight is 450 g/mol. The molecule has 1 aromatic carbocycles. The number of ketones is 1. The molecule has 0 atom stereocenters. The van der Waals surface area contributed by atoms with Gasteiger partial charge in [-0.1, -0.05) is 12.1 Å². The Morgan fingerprint density at radius 1 is 0.970 bits per heavy atom. The highest BCUT2D eigenvalue weighted by molar-refractivity contribution is 5.92. The lowest BCUT2D eigenvalue weighted by molar-refractivity contribution is 0.0585. The first-order chi connectivity index (χ1) is 15.9. The molecule has 0 bridgehead atoms. The number of carbonyl (C=O) groups excluding carboxylic acids is 2. The molecule has 33 heavy (non-hydrogen) atoms. The molecule has 0 saturated carbocycles. The first kappa shape index (κ1) is 22.1. The van der Waals surface area contributed by atoms with Crippen molar-refractivity contribution in [3.63, 3.8) is 0 Å². The second kappa shape index (κ2) is 8.93. The van der Waals surface area contributed by atoms with E-state index in [-0.39, 0.29) is 17.4 Å². The van der Waals surface area contributed by atoms with Crippen molar-refractivity contribution >= 4 is 17.5 Å². The number of carbonyl (C=O) groups is 2. The number of aryl methyl sites for hydroxylation is 1. The van der Waals surface area contributed by atoms with Crippen molar-refractivity contribution in [2.45, 2.75) is 64.5 Å². The topological polar surface area (TPSA) is 61.7 Å². The van der Waals surface area contributed by atoms with Crippen molar-refractivity contribution in [2.24, 2.45) is 0 Å². The molecule has 0 aliphatic carbocycles. The summed E-state index contributed by atoms with van der Waals surface area (Å²) in [6.45, 7) is 9.57. The van der Waals surface area contributed by atoms with E-state index in [0.717, 1.165) is 52.1 Å². The molecule has 2 aromatic rings. The van der Waals surface area contributed by atoms with Crippen LogP contribution in [0.15, 0.2) is 30.5 Å². The standard InChI is InChI=1S/C26H35N5O2/c1-20-6-7-22(24(18-20)28-12-3-4-13-28)19-30-14-5-9-26(30)10-16-29(17-11-26)25(33)31-15-8-23(27-31)21(2)32/h6-8,15,18H,3-5,9-14,16-17,19H2,1-2H3. The third kappa shape index (κ3) is 4.31. The SMILES string of the molecule is CC(=O)c1ccn(C(=O)N2CCC3(CCCN3Cc3ccc(C)cc3N3CCCC3)CC2)n1. The molecule has 3 aliphatic heterocycles. The summed E-state index contributed by atoms with van der Waals surface area (Å²) in [6, 6.07) is 8.43. The second-order valence-electron chi connectivity index (χ2n) is 10.0. The van der Waals surface area contributed by atoms with Crippen molar-refractivity contribution in [3.05, 3.63) is 47.3 Å². The quantitative estimate of drug-likeness (QED) is 0.658. The smallest absolute Gasteiger partial charge is 0.344 e. The fraction of sp³-hybridized carbons (Fsp3) is 0.577. The molecule has 1 aromatic heterocycles. The predicted octanol–water partition coefficient (Wildman–Crippen LogP) is 4.09. The van der Waals surface area contributed by atoms with Crippen LogP contribution < -0.4 is 4.90 Å². The minimum absolute atomic E-state index is 0.120. The average Bonchev–Trinajstić information content (AvgIpc) is 3.57. The fourth-order valence-corrected chi connectivity index (χ4v) is 5.95. The minimum Gasteiger partial charge on any atom is -0.371 e. The summed E-state index contributed by atoms with van der Waals surface area (Å²) >= 11 is 0. The zero-order chi connectivity index (χ0) is 23.0. The number of piperidine rings is 1. The largest absolute Gasteiger partial charge is 0.371 e. The summed E-state index contributed by atoms with van der Waals surface area (Å²) in [7, 11) is 0. The van der Waals surface area contributed by atoms with Crippen molar-refractivity contribution in [1.82, 2.24) is 19.6 Å². The molecule has 0 N–H and O–H groups in total. The van der Waals surface area contributed by atoms with Crippen molar-refractivity contribution in [1.29, 1.82) is 0 Å². The highest BCUT2D eigenvalue weighted by atomic mass is 16.2. The van der Waals surface area contributed by atoms with Crippen molar-refractivity contribution in [3.8, 4) is 0 Å². The Morgan fingerprint density at radius 2 is 1.73 bits per heavy atom. The number of benzene rings is 1. The Hall–Kier alpha value is -2.67. The number of amides is 1. The van der Waals surface area contributed by atoms with Crippen molar-refractivity contribution in [2.75, 3.05) is 37.6 Å². The molecule has 3 fully saturated rings. The maximum atomic E-state index is 12.9. The molecule has 7 nitrogen and oxygen atoms in total. The van der Waals surface area contributed by atoms with Gasteiger partial charge in [0.2, 0.25) is 0 Å². The van der Waals surface area contributed by atoms with E-state index in [2.05, 4.69) is 40.0 Å². The van der Waals surface area contributed by atoms with Crippen LogP contribution in [0.5, 0.6) is 0 Å². The highest BCUT2D eigenvalue weighted by Gasteiger charge is 2.44. The van der Waals surface area contributed by atoms with Gasteiger partial charge in [0, 0.05) is 57.1 Å². The lowest BCUT2D eigenvalue weighted by atomic mass is 9.84. The molecule has 0 radical (unpaired) electrons. The van der Waals surface area contributed by atoms with E-state index in [4.69, 9.17) is 0 Å². The molecule has 176 valence electrons. The summed E-state index contributed by atoms with van der Waals surface area (Å²) in [6.07, 6.45) is 8.58. The lowest BCUT2D eigenvalue weighted by Gasteiger charge is -2.45. The van der Waals surface area contributed by atoms with Gasteiger partial charge in [-0.2, -0.15) is 9.78 Å². The van der Waals surface area contributed by atoms with E-state index in [0.29, 0.717) is 5.69 Å². The van der Waals surface area contributed by atoms with E-state index in [9.17, 15) is 9.59 Å². The van der Waals surface area contributed by atoms with Gasteiger partial charge in [0.15, 0.2) is 5.78 Å². The maximum absolute atomic E-state index is 12.9. The minimum atomic E-state index is -0.128. The summed E-state index contributed by atoms with van der Waals surface area (Å²) in [5.74, 6) is -0.120. The van der Waals surface area contributed by atoms with Crippen LogP contribution in [0.3, 0.4) is 0 Å². The van der Waals surface area contributed by atoms with Gasteiger partial charge < -0.3 is 9.80 Å². The fourth-order valence-electron chi connectivity index (χ4n) is 5.95. The van der Waals surface area contributed by atoms with Crippen LogP contribution >= 0.6 is 0 Å². The van der Waals surface area contributed by atoms with Crippen LogP contribution in [-0.2, 0) is 6.54 Å². The summed E-state index contributed by atoms with van der Waals surface area (Å²) < 4.78 is 1.32. The highest BCUT2D eigenvalue weighted by Crippen LogP contribution is 2.40. The zero-order valence-corrected chi connectivity index (χ0v) is 19.9. The Morgan fingerprint density at radius 3 is 2.42 bits per heavy atom. The van der Waals surface area contributed by atoms with Gasteiger partial charge in [0.05, 0.1) is 0 Å².